The van der Waals surface area contributed by atoms with Crippen molar-refractivity contribution in [2.75, 3.05) is 12.3 Å². The molecule has 0 radical (unpaired) electrons. The van der Waals surface area contributed by atoms with Crippen LogP contribution in [0.15, 0.2) is 18.3 Å². The van der Waals surface area contributed by atoms with Gasteiger partial charge in [0.05, 0.1) is 6.42 Å². The standard InChI is InChI=1S/C9H13N3O/c1-2-11-9(13)5-7-3-4-8(10)12-6-7/h3-4,6H,2,5H2,1H3,(H2,10,12)(H,11,13). The van der Waals surface area contributed by atoms with Gasteiger partial charge in [0.25, 0.3) is 0 Å². The van der Waals surface area contributed by atoms with Gasteiger partial charge in [0, 0.05) is 12.7 Å². The molecule has 1 aromatic heterocycles. The van der Waals surface area contributed by atoms with Crippen molar-refractivity contribution >= 4 is 11.7 Å². The second kappa shape index (κ2) is 4.45. The van der Waals surface area contributed by atoms with E-state index in [1.165, 1.54) is 0 Å². The Labute approximate surface area is 77.2 Å². The van der Waals surface area contributed by atoms with Gasteiger partial charge in [-0.15, -0.1) is 0 Å². The quantitative estimate of drug-likeness (QED) is 0.703. The molecule has 0 fully saturated rings. The number of hydrogen-bond acceptors (Lipinski definition) is 3. The Morgan fingerprint density at radius 2 is 2.38 bits per heavy atom. The highest BCUT2D eigenvalue weighted by Gasteiger charge is 2.01. The molecule has 1 rings (SSSR count). The summed E-state index contributed by atoms with van der Waals surface area (Å²) in [7, 11) is 0. The Bertz CT molecular complexity index is 281. The smallest absolute Gasteiger partial charge is 0.224 e. The molecule has 0 aromatic carbocycles. The molecule has 0 saturated carbocycles. The van der Waals surface area contributed by atoms with Gasteiger partial charge in [-0.25, -0.2) is 4.98 Å². The number of nitrogens with one attached hydrogen (secondary N) is 1. The van der Waals surface area contributed by atoms with Crippen LogP contribution in [0.3, 0.4) is 0 Å². The lowest BCUT2D eigenvalue weighted by Gasteiger charge is -2.01. The van der Waals surface area contributed by atoms with Gasteiger partial charge in [0.1, 0.15) is 5.82 Å². The molecule has 1 heterocycles. The third kappa shape index (κ3) is 3.11. The molecule has 4 nitrogen and oxygen atoms in total. The highest BCUT2D eigenvalue weighted by atomic mass is 16.1. The Morgan fingerprint density at radius 1 is 1.62 bits per heavy atom. The SMILES string of the molecule is CCNC(=O)Cc1ccc(N)nc1. The monoisotopic (exact) mass is 179 g/mol. The Balaban J connectivity index is 2.54. The van der Waals surface area contributed by atoms with Crippen LogP contribution in [0.25, 0.3) is 0 Å². The van der Waals surface area contributed by atoms with Gasteiger partial charge in [-0.1, -0.05) is 6.07 Å². The number of aromatic nitrogens is 1. The molecule has 1 aromatic rings. The largest absolute Gasteiger partial charge is 0.384 e. The van der Waals surface area contributed by atoms with Crippen molar-refractivity contribution in [3.05, 3.63) is 23.9 Å². The van der Waals surface area contributed by atoms with E-state index >= 15 is 0 Å². The number of rotatable bonds is 3. The number of anilines is 1. The highest BCUT2D eigenvalue weighted by Crippen LogP contribution is 2.01. The summed E-state index contributed by atoms with van der Waals surface area (Å²) in [5, 5.41) is 2.71. The predicted molar refractivity (Wildman–Crippen MR) is 51.0 cm³/mol. The number of carbonyl (C=O) groups excluding carboxylic acids is 1. The summed E-state index contributed by atoms with van der Waals surface area (Å²) in [6.45, 7) is 2.54. The molecule has 1 amide bonds. The van der Waals surface area contributed by atoms with E-state index < -0.39 is 0 Å². The second-order valence-electron chi connectivity index (χ2n) is 2.72. The molecule has 0 aliphatic rings. The summed E-state index contributed by atoms with van der Waals surface area (Å²) >= 11 is 0. The lowest BCUT2D eigenvalue weighted by Crippen LogP contribution is -2.24. The second-order valence-corrected chi connectivity index (χ2v) is 2.72. The summed E-state index contributed by atoms with van der Waals surface area (Å²) in [6, 6.07) is 3.49. The molecule has 0 spiro atoms. The normalized spacial score (nSPS) is 9.62. The van der Waals surface area contributed by atoms with E-state index in [2.05, 4.69) is 10.3 Å². The molecule has 3 N–H and O–H groups in total. The van der Waals surface area contributed by atoms with Gasteiger partial charge in [-0.2, -0.15) is 0 Å². The number of likely N-dealkylation sites (N-methyl/N-ethyl adjacent to an activating group) is 1. The van der Waals surface area contributed by atoms with Crippen LogP contribution in [0.2, 0.25) is 0 Å². The van der Waals surface area contributed by atoms with E-state index in [1.54, 1.807) is 18.3 Å². The van der Waals surface area contributed by atoms with Crippen LogP contribution in [0, 0.1) is 0 Å². The first-order valence-electron chi connectivity index (χ1n) is 4.19. The molecule has 0 aliphatic heterocycles. The Kier molecular flexibility index (Phi) is 3.25. The van der Waals surface area contributed by atoms with Crippen molar-refractivity contribution in [3.63, 3.8) is 0 Å². The predicted octanol–water partition coefficient (Wildman–Crippen LogP) is 0.342. The number of nitrogens with zero attached hydrogens (tertiary/aromatic N) is 1. The maximum atomic E-state index is 11.1. The van der Waals surface area contributed by atoms with Crippen LogP contribution >= 0.6 is 0 Å². The molecule has 13 heavy (non-hydrogen) atoms. The van der Waals surface area contributed by atoms with E-state index in [9.17, 15) is 4.79 Å². The van der Waals surface area contributed by atoms with Crippen molar-refractivity contribution in [2.45, 2.75) is 13.3 Å². The van der Waals surface area contributed by atoms with Crippen molar-refractivity contribution in [3.8, 4) is 0 Å². The zero-order valence-electron chi connectivity index (χ0n) is 7.58. The van der Waals surface area contributed by atoms with Crippen LogP contribution in [-0.4, -0.2) is 17.4 Å². The van der Waals surface area contributed by atoms with Crippen molar-refractivity contribution in [1.82, 2.24) is 10.3 Å². The van der Waals surface area contributed by atoms with Crippen LogP contribution in [-0.2, 0) is 11.2 Å². The van der Waals surface area contributed by atoms with Crippen molar-refractivity contribution in [2.24, 2.45) is 0 Å². The lowest BCUT2D eigenvalue weighted by atomic mass is 10.2. The van der Waals surface area contributed by atoms with Crippen molar-refractivity contribution < 1.29 is 4.79 Å². The number of nitrogens with two attached hydrogens (primary N) is 1. The molecule has 70 valence electrons. The van der Waals surface area contributed by atoms with Gasteiger partial charge in [0.2, 0.25) is 5.91 Å². The Morgan fingerprint density at radius 3 is 2.92 bits per heavy atom. The maximum absolute atomic E-state index is 11.1. The minimum atomic E-state index is 0.00840. The number of nitrogen functional groups attached to an aromatic ring is 1. The van der Waals surface area contributed by atoms with Crippen LogP contribution in [0.1, 0.15) is 12.5 Å². The molecular weight excluding hydrogens is 166 g/mol. The third-order valence-electron chi connectivity index (χ3n) is 1.59. The molecule has 0 saturated heterocycles. The first kappa shape index (κ1) is 9.51. The molecule has 0 bridgehead atoms. The van der Waals surface area contributed by atoms with Crippen LogP contribution in [0.4, 0.5) is 5.82 Å². The van der Waals surface area contributed by atoms with Crippen LogP contribution < -0.4 is 11.1 Å². The number of hydrogen-bond donors (Lipinski definition) is 2. The number of amides is 1. The van der Waals surface area contributed by atoms with E-state index in [-0.39, 0.29) is 5.91 Å². The summed E-state index contributed by atoms with van der Waals surface area (Å²) < 4.78 is 0. The van der Waals surface area contributed by atoms with Crippen LogP contribution in [0.5, 0.6) is 0 Å². The molecular formula is C9H13N3O. The molecule has 0 aliphatic carbocycles. The molecule has 0 atom stereocenters. The first-order chi connectivity index (χ1) is 6.22. The summed E-state index contributed by atoms with van der Waals surface area (Å²) in [6.07, 6.45) is 1.98. The van der Waals surface area contributed by atoms with Gasteiger partial charge in [-0.3, -0.25) is 4.79 Å². The summed E-state index contributed by atoms with van der Waals surface area (Å²) in [4.78, 5) is 15.0. The fourth-order valence-corrected chi connectivity index (χ4v) is 0.986. The average molecular weight is 179 g/mol. The topological polar surface area (TPSA) is 68.0 Å². The third-order valence-corrected chi connectivity index (χ3v) is 1.59. The summed E-state index contributed by atoms with van der Waals surface area (Å²) in [5.41, 5.74) is 6.28. The minimum Gasteiger partial charge on any atom is -0.384 e. The average Bonchev–Trinajstić information content (AvgIpc) is 2.09. The highest BCUT2D eigenvalue weighted by molar-refractivity contribution is 5.78. The maximum Gasteiger partial charge on any atom is 0.224 e. The minimum absolute atomic E-state index is 0.00840. The van der Waals surface area contributed by atoms with E-state index in [0.717, 1.165) is 5.56 Å². The van der Waals surface area contributed by atoms with E-state index in [4.69, 9.17) is 5.73 Å². The first-order valence-corrected chi connectivity index (χ1v) is 4.19. The summed E-state index contributed by atoms with van der Waals surface area (Å²) in [5.74, 6) is 0.480. The zero-order chi connectivity index (χ0) is 9.68. The van der Waals surface area contributed by atoms with Gasteiger partial charge in [-0.05, 0) is 18.6 Å². The lowest BCUT2D eigenvalue weighted by molar-refractivity contribution is -0.120. The fraction of sp³-hybridized carbons (Fsp3) is 0.333. The fourth-order valence-electron chi connectivity index (χ4n) is 0.986. The van der Waals surface area contributed by atoms with Gasteiger partial charge >= 0.3 is 0 Å². The number of carbonyl (C=O) groups is 1. The molecule has 0 unspecified atom stereocenters. The number of pyridine rings is 1. The zero-order valence-corrected chi connectivity index (χ0v) is 7.58. The molecule has 4 heteroatoms. The van der Waals surface area contributed by atoms with E-state index in [1.807, 2.05) is 6.92 Å². The Hall–Kier alpha value is -1.58. The van der Waals surface area contributed by atoms with Gasteiger partial charge in [0.15, 0.2) is 0 Å². The van der Waals surface area contributed by atoms with Gasteiger partial charge < -0.3 is 11.1 Å². The van der Waals surface area contributed by atoms with E-state index in [0.29, 0.717) is 18.8 Å². The van der Waals surface area contributed by atoms with Crippen molar-refractivity contribution in [1.29, 1.82) is 0 Å².